The number of nitrogens with one attached hydrogen (secondary N) is 1. The summed E-state index contributed by atoms with van der Waals surface area (Å²) in [6.07, 6.45) is 3.98. The van der Waals surface area contributed by atoms with Crippen molar-refractivity contribution in [2.45, 2.75) is 32.2 Å². The van der Waals surface area contributed by atoms with Gasteiger partial charge in [-0.3, -0.25) is 0 Å². The van der Waals surface area contributed by atoms with Crippen LogP contribution in [-0.2, 0) is 0 Å². The molecule has 0 amide bonds. The molecule has 66 valence electrons. The molecular formula is C9H20N2. The predicted molar refractivity (Wildman–Crippen MR) is 48.8 cm³/mol. The normalized spacial score (nSPS) is 24.8. The molecule has 2 heteroatoms. The zero-order valence-electron chi connectivity index (χ0n) is 7.77. The first kappa shape index (κ1) is 9.01. The first-order valence-corrected chi connectivity index (χ1v) is 4.75. The second-order valence-electron chi connectivity index (χ2n) is 3.48. The van der Waals surface area contributed by atoms with Gasteiger partial charge in [0.05, 0.1) is 0 Å². The largest absolute Gasteiger partial charge is 0.315 e. The van der Waals surface area contributed by atoms with Gasteiger partial charge in [-0.25, -0.2) is 0 Å². The van der Waals surface area contributed by atoms with E-state index in [1.807, 2.05) is 0 Å². The Bertz CT molecular complexity index is 97.7. The van der Waals surface area contributed by atoms with E-state index in [2.05, 4.69) is 24.2 Å². The Morgan fingerprint density at radius 2 is 2.36 bits per heavy atom. The van der Waals surface area contributed by atoms with Gasteiger partial charge in [-0.15, -0.1) is 0 Å². The second kappa shape index (κ2) is 4.73. The Balaban J connectivity index is 2.12. The molecular weight excluding hydrogens is 136 g/mol. The van der Waals surface area contributed by atoms with E-state index in [-0.39, 0.29) is 0 Å². The van der Waals surface area contributed by atoms with Crippen LogP contribution in [0.4, 0.5) is 0 Å². The van der Waals surface area contributed by atoms with Crippen LogP contribution < -0.4 is 5.32 Å². The molecule has 0 bridgehead atoms. The molecule has 1 rings (SSSR count). The zero-order valence-corrected chi connectivity index (χ0v) is 7.77. The monoisotopic (exact) mass is 156 g/mol. The summed E-state index contributed by atoms with van der Waals surface area (Å²) in [6, 6.07) is 0.807. The van der Waals surface area contributed by atoms with Crippen molar-refractivity contribution in [2.24, 2.45) is 0 Å². The summed E-state index contributed by atoms with van der Waals surface area (Å²) in [4.78, 5) is 2.49. The molecule has 0 aromatic rings. The van der Waals surface area contributed by atoms with Crippen LogP contribution in [0.3, 0.4) is 0 Å². The number of nitrogens with zero attached hydrogens (tertiary/aromatic N) is 1. The quantitative estimate of drug-likeness (QED) is 0.655. The topological polar surface area (TPSA) is 15.3 Å². The van der Waals surface area contributed by atoms with Gasteiger partial charge in [0.1, 0.15) is 0 Å². The average molecular weight is 156 g/mol. The highest BCUT2D eigenvalue weighted by molar-refractivity contribution is 4.78. The molecule has 0 saturated carbocycles. The summed E-state index contributed by atoms with van der Waals surface area (Å²) in [5, 5.41) is 3.39. The Morgan fingerprint density at radius 1 is 1.55 bits per heavy atom. The van der Waals surface area contributed by atoms with E-state index in [0.717, 1.165) is 6.04 Å². The van der Waals surface area contributed by atoms with Crippen molar-refractivity contribution in [3.8, 4) is 0 Å². The van der Waals surface area contributed by atoms with Crippen LogP contribution in [0, 0.1) is 0 Å². The third-order valence-corrected chi connectivity index (χ3v) is 2.52. The first-order chi connectivity index (χ1) is 5.34. The maximum absolute atomic E-state index is 3.39. The maximum Gasteiger partial charge on any atom is 0.0229 e. The molecule has 11 heavy (non-hydrogen) atoms. The van der Waals surface area contributed by atoms with Crippen LogP contribution in [0.25, 0.3) is 0 Å². The molecule has 1 N–H and O–H groups in total. The lowest BCUT2D eigenvalue weighted by atomic mass is 10.2. The van der Waals surface area contributed by atoms with Gasteiger partial charge >= 0.3 is 0 Å². The van der Waals surface area contributed by atoms with Crippen molar-refractivity contribution >= 4 is 0 Å². The minimum absolute atomic E-state index is 0.807. The second-order valence-corrected chi connectivity index (χ2v) is 3.48. The zero-order chi connectivity index (χ0) is 8.10. The number of hydrogen-bond donors (Lipinski definition) is 1. The van der Waals surface area contributed by atoms with Crippen LogP contribution in [0.1, 0.15) is 26.2 Å². The van der Waals surface area contributed by atoms with E-state index in [9.17, 15) is 0 Å². The molecule has 0 spiro atoms. The lowest BCUT2D eigenvalue weighted by Crippen LogP contribution is -2.33. The highest BCUT2D eigenvalue weighted by Crippen LogP contribution is 2.06. The molecule has 1 fully saturated rings. The van der Waals surface area contributed by atoms with Crippen molar-refractivity contribution in [1.82, 2.24) is 10.2 Å². The summed E-state index contributed by atoms with van der Waals surface area (Å²) >= 11 is 0. The summed E-state index contributed by atoms with van der Waals surface area (Å²) in [5.74, 6) is 0. The number of rotatable bonds is 4. The Kier molecular flexibility index (Phi) is 3.87. The molecule has 1 aliphatic heterocycles. The molecule has 1 aliphatic rings. The van der Waals surface area contributed by atoms with E-state index in [0.29, 0.717) is 0 Å². The number of hydrogen-bond acceptors (Lipinski definition) is 2. The van der Waals surface area contributed by atoms with Crippen LogP contribution >= 0.6 is 0 Å². The smallest absolute Gasteiger partial charge is 0.0229 e. The van der Waals surface area contributed by atoms with Gasteiger partial charge in [0.25, 0.3) is 0 Å². The highest BCUT2D eigenvalue weighted by atomic mass is 15.2. The SMILES string of the molecule is CCCCN(C)[C@H]1CCNC1. The summed E-state index contributed by atoms with van der Waals surface area (Å²) in [5.41, 5.74) is 0. The van der Waals surface area contributed by atoms with Crippen molar-refractivity contribution in [3.05, 3.63) is 0 Å². The van der Waals surface area contributed by atoms with Crippen LogP contribution in [-0.4, -0.2) is 37.6 Å². The van der Waals surface area contributed by atoms with E-state index >= 15 is 0 Å². The van der Waals surface area contributed by atoms with E-state index in [1.54, 1.807) is 0 Å². The summed E-state index contributed by atoms with van der Waals surface area (Å²) in [7, 11) is 2.24. The van der Waals surface area contributed by atoms with Crippen LogP contribution in [0.2, 0.25) is 0 Å². The van der Waals surface area contributed by atoms with Crippen molar-refractivity contribution in [1.29, 1.82) is 0 Å². The van der Waals surface area contributed by atoms with Gasteiger partial charge in [-0.1, -0.05) is 13.3 Å². The highest BCUT2D eigenvalue weighted by Gasteiger charge is 2.17. The number of unbranched alkanes of at least 4 members (excludes halogenated alkanes) is 1. The van der Waals surface area contributed by atoms with Gasteiger partial charge < -0.3 is 10.2 Å². The van der Waals surface area contributed by atoms with E-state index in [1.165, 1.54) is 38.9 Å². The van der Waals surface area contributed by atoms with Gasteiger partial charge in [0.15, 0.2) is 0 Å². The minimum atomic E-state index is 0.807. The standard InChI is InChI=1S/C9H20N2/c1-3-4-7-11(2)9-5-6-10-8-9/h9-10H,3-8H2,1-2H3/t9-/m0/s1. The van der Waals surface area contributed by atoms with Crippen molar-refractivity contribution in [2.75, 3.05) is 26.7 Å². The van der Waals surface area contributed by atoms with Crippen molar-refractivity contribution in [3.63, 3.8) is 0 Å². The van der Waals surface area contributed by atoms with Crippen molar-refractivity contribution < 1.29 is 0 Å². The molecule has 0 unspecified atom stereocenters. The predicted octanol–water partition coefficient (Wildman–Crippen LogP) is 1.08. The van der Waals surface area contributed by atoms with E-state index in [4.69, 9.17) is 0 Å². The summed E-state index contributed by atoms with van der Waals surface area (Å²) < 4.78 is 0. The summed E-state index contributed by atoms with van der Waals surface area (Å²) in [6.45, 7) is 5.92. The molecule has 0 aliphatic carbocycles. The van der Waals surface area contributed by atoms with Gasteiger partial charge in [-0.2, -0.15) is 0 Å². The van der Waals surface area contributed by atoms with E-state index < -0.39 is 0 Å². The average Bonchev–Trinajstić information content (AvgIpc) is 2.52. The number of likely N-dealkylation sites (N-methyl/N-ethyl adjacent to an activating group) is 1. The molecule has 0 aromatic heterocycles. The molecule has 0 aromatic carbocycles. The molecule has 1 saturated heterocycles. The van der Waals surface area contributed by atoms with Gasteiger partial charge in [0, 0.05) is 12.6 Å². The Labute approximate surface area is 70.0 Å². The van der Waals surface area contributed by atoms with Crippen LogP contribution in [0.15, 0.2) is 0 Å². The fourth-order valence-electron chi connectivity index (χ4n) is 1.61. The third-order valence-electron chi connectivity index (χ3n) is 2.52. The van der Waals surface area contributed by atoms with Gasteiger partial charge in [0.2, 0.25) is 0 Å². The molecule has 2 nitrogen and oxygen atoms in total. The lowest BCUT2D eigenvalue weighted by Gasteiger charge is -2.22. The Morgan fingerprint density at radius 3 is 2.91 bits per heavy atom. The first-order valence-electron chi connectivity index (χ1n) is 4.75. The minimum Gasteiger partial charge on any atom is -0.315 e. The lowest BCUT2D eigenvalue weighted by molar-refractivity contribution is 0.253. The fraction of sp³-hybridized carbons (Fsp3) is 1.00. The fourth-order valence-corrected chi connectivity index (χ4v) is 1.61. The third kappa shape index (κ3) is 2.80. The molecule has 1 atom stereocenters. The molecule has 1 heterocycles. The Hall–Kier alpha value is -0.0800. The molecule has 0 radical (unpaired) electrons. The maximum atomic E-state index is 3.39. The van der Waals surface area contributed by atoms with Crippen LogP contribution in [0.5, 0.6) is 0 Å². The van der Waals surface area contributed by atoms with Gasteiger partial charge in [-0.05, 0) is 33.0 Å².